The summed E-state index contributed by atoms with van der Waals surface area (Å²) in [5, 5.41) is 3.37. The molecule has 248 valence electrons. The third-order valence-electron chi connectivity index (χ3n) is 7.31. The number of nitrogens with one attached hydrogen (secondary N) is 1. The van der Waals surface area contributed by atoms with E-state index in [1.165, 1.54) is 29.2 Å². The maximum atomic E-state index is 14.7. The molecule has 4 aromatic carbocycles. The Kier molecular flexibility index (Phi) is 12.9. The Morgan fingerprint density at radius 2 is 1.55 bits per heavy atom. The second-order valence-corrected chi connectivity index (χ2v) is 14.6. The summed E-state index contributed by atoms with van der Waals surface area (Å²) in [7, 11) is -4.31. The quantitative estimate of drug-likeness (QED) is 0.140. The topological polar surface area (TPSA) is 96.0 Å². The van der Waals surface area contributed by atoms with Gasteiger partial charge in [-0.3, -0.25) is 13.9 Å². The number of benzene rings is 4. The lowest BCUT2D eigenvalue weighted by Gasteiger charge is -2.34. The average Bonchev–Trinajstić information content (AvgIpc) is 3.05. The van der Waals surface area contributed by atoms with Gasteiger partial charge < -0.3 is 15.0 Å². The van der Waals surface area contributed by atoms with Crippen LogP contribution in [0.5, 0.6) is 5.75 Å². The van der Waals surface area contributed by atoms with Crippen LogP contribution >= 0.6 is 27.5 Å². The van der Waals surface area contributed by atoms with Crippen molar-refractivity contribution in [3.05, 3.63) is 124 Å². The highest BCUT2D eigenvalue weighted by atomic mass is 79.9. The molecule has 4 rings (SSSR count). The first-order chi connectivity index (χ1) is 22.5. The van der Waals surface area contributed by atoms with Crippen LogP contribution in [0, 0.1) is 5.92 Å². The summed E-state index contributed by atoms with van der Waals surface area (Å²) < 4.78 is 36.3. The maximum Gasteiger partial charge on any atom is 0.264 e. The van der Waals surface area contributed by atoms with Crippen molar-refractivity contribution in [3.63, 3.8) is 0 Å². The van der Waals surface area contributed by atoms with Gasteiger partial charge in [-0.2, -0.15) is 0 Å². The zero-order valence-corrected chi connectivity index (χ0v) is 29.8. The first kappa shape index (κ1) is 36.0. The van der Waals surface area contributed by atoms with Crippen LogP contribution in [0.25, 0.3) is 0 Å². The second-order valence-electron chi connectivity index (χ2n) is 11.4. The Morgan fingerprint density at radius 1 is 0.894 bits per heavy atom. The number of anilines is 1. The van der Waals surface area contributed by atoms with E-state index in [9.17, 15) is 18.0 Å². The highest BCUT2D eigenvalue weighted by Gasteiger charge is 2.35. The van der Waals surface area contributed by atoms with Crippen molar-refractivity contribution in [1.82, 2.24) is 10.2 Å². The van der Waals surface area contributed by atoms with Crippen molar-refractivity contribution in [2.75, 3.05) is 24.0 Å². The minimum Gasteiger partial charge on any atom is -0.492 e. The van der Waals surface area contributed by atoms with Crippen LogP contribution in [0.1, 0.15) is 31.9 Å². The van der Waals surface area contributed by atoms with Gasteiger partial charge in [0.05, 0.1) is 17.2 Å². The number of hydrogen-bond donors (Lipinski definition) is 1. The van der Waals surface area contributed by atoms with E-state index < -0.39 is 28.5 Å². The summed E-state index contributed by atoms with van der Waals surface area (Å²) in [5.41, 5.74) is 1.82. The number of amides is 2. The minimum atomic E-state index is -4.31. The van der Waals surface area contributed by atoms with E-state index in [0.29, 0.717) is 17.3 Å². The fourth-order valence-electron chi connectivity index (χ4n) is 5.00. The third-order valence-corrected chi connectivity index (χ3v) is 9.83. The standard InChI is InChI=1S/C36H39BrClN3O5S/c1-4-46-34-16-9-8-15-32(34)41(47(44,45)31-19-17-30(38)18-20-31)25-35(42)40(24-28-13-10-14-29(37)21-28)33(36(43)39-23-26(2)3)22-27-11-6-5-7-12-27/h5-21,26,33H,4,22-25H2,1-3H3,(H,39,43)/t33-/m1/s1. The molecule has 0 saturated heterocycles. The summed E-state index contributed by atoms with van der Waals surface area (Å²) in [6.07, 6.45) is 0.226. The number of carbonyl (C=O) groups excluding carboxylic acids is 2. The lowest BCUT2D eigenvalue weighted by Crippen LogP contribution is -2.53. The molecule has 0 aromatic heterocycles. The summed E-state index contributed by atoms with van der Waals surface area (Å²) in [4.78, 5) is 30.0. The van der Waals surface area contributed by atoms with Gasteiger partial charge >= 0.3 is 0 Å². The number of para-hydroxylation sites is 2. The van der Waals surface area contributed by atoms with Gasteiger partial charge in [-0.25, -0.2) is 8.42 Å². The lowest BCUT2D eigenvalue weighted by molar-refractivity contribution is -0.140. The molecular formula is C36H39BrClN3O5S. The first-order valence-corrected chi connectivity index (χ1v) is 18.0. The smallest absolute Gasteiger partial charge is 0.264 e. The molecule has 1 N–H and O–H groups in total. The molecule has 1 atom stereocenters. The number of nitrogens with zero attached hydrogens (tertiary/aromatic N) is 2. The molecule has 2 amide bonds. The molecule has 4 aromatic rings. The number of rotatable bonds is 15. The first-order valence-electron chi connectivity index (χ1n) is 15.3. The zero-order chi connectivity index (χ0) is 34.0. The Hall–Kier alpha value is -3.86. The van der Waals surface area contributed by atoms with E-state index in [1.54, 1.807) is 31.2 Å². The molecule has 0 spiro atoms. The number of halogens is 2. The van der Waals surface area contributed by atoms with E-state index in [0.717, 1.165) is 19.9 Å². The molecule has 0 saturated carbocycles. The van der Waals surface area contributed by atoms with Gasteiger partial charge in [0, 0.05) is 29.0 Å². The number of hydrogen-bond acceptors (Lipinski definition) is 5. The monoisotopic (exact) mass is 739 g/mol. The molecule has 0 aliphatic rings. The molecule has 0 bridgehead atoms. The van der Waals surface area contributed by atoms with Gasteiger partial charge in [-0.1, -0.05) is 96.0 Å². The highest BCUT2D eigenvalue weighted by molar-refractivity contribution is 9.10. The molecular weight excluding hydrogens is 702 g/mol. The van der Waals surface area contributed by atoms with Gasteiger partial charge in [-0.05, 0) is 72.5 Å². The van der Waals surface area contributed by atoms with E-state index in [-0.39, 0.29) is 42.0 Å². The van der Waals surface area contributed by atoms with Gasteiger partial charge in [0.25, 0.3) is 10.0 Å². The van der Waals surface area contributed by atoms with Crippen molar-refractivity contribution in [2.45, 2.75) is 44.7 Å². The fourth-order valence-corrected chi connectivity index (χ4v) is 6.99. The van der Waals surface area contributed by atoms with E-state index in [4.69, 9.17) is 16.3 Å². The lowest BCUT2D eigenvalue weighted by atomic mass is 10.0. The normalized spacial score (nSPS) is 12.0. The molecule has 11 heteroatoms. The molecule has 0 heterocycles. The Bertz CT molecular complexity index is 1750. The summed E-state index contributed by atoms with van der Waals surface area (Å²) in [6, 6.07) is 28.4. The van der Waals surface area contributed by atoms with Crippen molar-refractivity contribution in [2.24, 2.45) is 5.92 Å². The zero-order valence-electron chi connectivity index (χ0n) is 26.6. The molecule has 0 aliphatic heterocycles. The van der Waals surface area contributed by atoms with Crippen LogP contribution in [0.4, 0.5) is 5.69 Å². The molecule has 8 nitrogen and oxygen atoms in total. The molecule has 47 heavy (non-hydrogen) atoms. The van der Waals surface area contributed by atoms with Crippen molar-refractivity contribution >= 4 is 55.1 Å². The summed E-state index contributed by atoms with van der Waals surface area (Å²) in [6.45, 7) is 5.95. The maximum absolute atomic E-state index is 14.7. The molecule has 0 radical (unpaired) electrons. The van der Waals surface area contributed by atoms with Gasteiger partial charge in [0.2, 0.25) is 11.8 Å². The van der Waals surface area contributed by atoms with Crippen LogP contribution in [0.3, 0.4) is 0 Å². The molecule has 0 aliphatic carbocycles. The third kappa shape index (κ3) is 9.82. The van der Waals surface area contributed by atoms with Crippen LogP contribution in [-0.4, -0.2) is 50.9 Å². The van der Waals surface area contributed by atoms with Crippen molar-refractivity contribution in [3.8, 4) is 5.75 Å². The van der Waals surface area contributed by atoms with Crippen LogP contribution < -0.4 is 14.4 Å². The number of ether oxygens (including phenoxy) is 1. The van der Waals surface area contributed by atoms with Crippen LogP contribution in [-0.2, 0) is 32.6 Å². The minimum absolute atomic E-state index is 0.0462. The molecule has 0 unspecified atom stereocenters. The van der Waals surface area contributed by atoms with E-state index in [2.05, 4.69) is 21.2 Å². The number of carbonyl (C=O) groups is 2. The van der Waals surface area contributed by atoms with E-state index in [1.807, 2.05) is 68.4 Å². The van der Waals surface area contributed by atoms with E-state index >= 15 is 0 Å². The Balaban J connectivity index is 1.83. The van der Waals surface area contributed by atoms with Gasteiger partial charge in [-0.15, -0.1) is 0 Å². The predicted molar refractivity (Wildman–Crippen MR) is 190 cm³/mol. The average molecular weight is 741 g/mol. The summed E-state index contributed by atoms with van der Waals surface area (Å²) >= 11 is 9.59. The fraction of sp³-hybridized carbons (Fsp3) is 0.278. The molecule has 0 fully saturated rings. The SMILES string of the molecule is CCOc1ccccc1N(CC(=O)N(Cc1cccc(Br)c1)[C@H](Cc1ccccc1)C(=O)NCC(C)C)S(=O)(=O)c1ccc(Cl)cc1. The second kappa shape index (κ2) is 16.8. The summed E-state index contributed by atoms with van der Waals surface area (Å²) in [5.74, 6) is -0.405. The number of sulfonamides is 1. The van der Waals surface area contributed by atoms with Gasteiger partial charge in [0.1, 0.15) is 18.3 Å². The predicted octanol–water partition coefficient (Wildman–Crippen LogP) is 7.11. The largest absolute Gasteiger partial charge is 0.492 e. The van der Waals surface area contributed by atoms with Gasteiger partial charge in [0.15, 0.2) is 0 Å². The van der Waals surface area contributed by atoms with Crippen molar-refractivity contribution < 1.29 is 22.7 Å². The van der Waals surface area contributed by atoms with Crippen LogP contribution in [0.2, 0.25) is 5.02 Å². The highest BCUT2D eigenvalue weighted by Crippen LogP contribution is 2.33. The Morgan fingerprint density at radius 3 is 2.21 bits per heavy atom. The van der Waals surface area contributed by atoms with Crippen molar-refractivity contribution in [1.29, 1.82) is 0 Å². The Labute approximate surface area is 290 Å². The van der Waals surface area contributed by atoms with Crippen LogP contribution in [0.15, 0.2) is 112 Å².